The van der Waals surface area contributed by atoms with Crippen LogP contribution >= 0.6 is 0 Å². The predicted molar refractivity (Wildman–Crippen MR) is 205 cm³/mol. The lowest BCUT2D eigenvalue weighted by molar-refractivity contribution is -0.152. The summed E-state index contributed by atoms with van der Waals surface area (Å²) in [6, 6.07) is 0. The van der Waals surface area contributed by atoms with Crippen molar-refractivity contribution in [3.8, 4) is 0 Å². The van der Waals surface area contributed by atoms with Gasteiger partial charge in [0.1, 0.15) is 19.3 Å². The van der Waals surface area contributed by atoms with E-state index in [1.165, 1.54) is 173 Å². The van der Waals surface area contributed by atoms with E-state index >= 15 is 0 Å². The molecule has 0 spiro atoms. The Balaban J connectivity index is 3.38. The number of esters is 2. The van der Waals surface area contributed by atoms with Crippen LogP contribution in [-0.4, -0.2) is 36.4 Å². The fourth-order valence-corrected chi connectivity index (χ4v) is 6.26. The van der Waals surface area contributed by atoms with Crippen molar-refractivity contribution in [2.24, 2.45) is 0 Å². The van der Waals surface area contributed by atoms with E-state index in [2.05, 4.69) is 26.0 Å². The Hall–Kier alpha value is -1.36. The van der Waals surface area contributed by atoms with E-state index in [1.54, 1.807) is 0 Å². The summed E-state index contributed by atoms with van der Waals surface area (Å²) in [4.78, 5) is 24.0. The molecule has 0 aromatic heterocycles. The number of allylic oxidation sites excluding steroid dienone is 2. The van der Waals surface area contributed by atoms with E-state index in [4.69, 9.17) is 9.47 Å². The van der Waals surface area contributed by atoms with Crippen molar-refractivity contribution in [3.05, 3.63) is 12.2 Å². The van der Waals surface area contributed by atoms with Gasteiger partial charge in [0.15, 0.2) is 0 Å². The topological polar surface area (TPSA) is 72.8 Å². The van der Waals surface area contributed by atoms with E-state index in [0.29, 0.717) is 12.8 Å². The van der Waals surface area contributed by atoms with Gasteiger partial charge >= 0.3 is 11.9 Å². The quantitative estimate of drug-likeness (QED) is 0.0398. The van der Waals surface area contributed by atoms with E-state index in [1.807, 2.05) is 0 Å². The summed E-state index contributed by atoms with van der Waals surface area (Å²) < 4.78 is 10.4. The van der Waals surface area contributed by atoms with Crippen LogP contribution in [0.4, 0.5) is 0 Å². The Morgan fingerprint density at radius 1 is 0.417 bits per heavy atom. The summed E-state index contributed by atoms with van der Waals surface area (Å²) in [5.41, 5.74) is 0. The van der Waals surface area contributed by atoms with E-state index in [-0.39, 0.29) is 25.2 Å². The number of aliphatic hydroxyl groups excluding tert-OH is 1. The van der Waals surface area contributed by atoms with Crippen molar-refractivity contribution in [2.75, 3.05) is 13.2 Å². The van der Waals surface area contributed by atoms with Gasteiger partial charge in [-0.3, -0.25) is 9.59 Å². The molecule has 0 heterocycles. The Labute approximate surface area is 299 Å². The van der Waals surface area contributed by atoms with Gasteiger partial charge in [0.25, 0.3) is 0 Å². The summed E-state index contributed by atoms with van der Waals surface area (Å²) >= 11 is 0. The van der Waals surface area contributed by atoms with Crippen LogP contribution in [0.1, 0.15) is 232 Å². The van der Waals surface area contributed by atoms with Crippen LogP contribution in [0.5, 0.6) is 0 Å². The summed E-state index contributed by atoms with van der Waals surface area (Å²) in [6.45, 7) is 4.32. The second kappa shape index (κ2) is 40.1. The molecule has 1 N–H and O–H groups in total. The van der Waals surface area contributed by atoms with Crippen LogP contribution in [0.15, 0.2) is 12.2 Å². The van der Waals surface area contributed by atoms with Crippen LogP contribution < -0.4 is 0 Å². The molecule has 1 atom stereocenters. The van der Waals surface area contributed by atoms with Gasteiger partial charge in [-0.25, -0.2) is 0 Å². The van der Waals surface area contributed by atoms with Gasteiger partial charge in [0.2, 0.25) is 0 Å². The van der Waals surface area contributed by atoms with Crippen molar-refractivity contribution >= 4 is 11.9 Å². The molecule has 5 heteroatoms. The van der Waals surface area contributed by atoms with Crippen LogP contribution in [-0.2, 0) is 19.1 Å². The lowest BCUT2D eigenvalue weighted by Crippen LogP contribution is -2.25. The normalized spacial score (nSPS) is 12.1. The number of carbonyl (C=O) groups is 2. The molecule has 0 aliphatic heterocycles. The minimum absolute atomic E-state index is 0.110. The number of rotatable bonds is 39. The van der Waals surface area contributed by atoms with Gasteiger partial charge < -0.3 is 14.6 Å². The lowest BCUT2D eigenvalue weighted by atomic mass is 10.0. The van der Waals surface area contributed by atoms with Crippen molar-refractivity contribution in [3.63, 3.8) is 0 Å². The van der Waals surface area contributed by atoms with Crippen molar-refractivity contribution in [1.82, 2.24) is 0 Å². The number of hydrogen-bond donors (Lipinski definition) is 1. The molecule has 0 aromatic rings. The standard InChI is InChI=1S/C43H82O5/c1-3-5-7-9-11-13-15-17-19-20-21-22-24-26-28-30-32-34-36-38-43(46)48-40-41(44)39-47-42(45)37-35-33-31-29-27-25-23-18-16-14-12-10-8-6-4-2/h17,19,41,44H,3-16,18,20-40H2,1-2H3/b19-17-/t41-/m1/s1. The molecule has 0 rings (SSSR count). The monoisotopic (exact) mass is 679 g/mol. The van der Waals surface area contributed by atoms with Crippen molar-refractivity contribution in [2.45, 2.75) is 238 Å². The van der Waals surface area contributed by atoms with Crippen molar-refractivity contribution in [1.29, 1.82) is 0 Å². The molecule has 0 saturated heterocycles. The SMILES string of the molecule is CCCCCCCC/C=C\CCCCCCCCCCCC(=O)OC[C@H](O)COC(=O)CCCCCCCCCCCCCCCCC. The molecule has 0 aliphatic carbocycles. The minimum atomic E-state index is -0.958. The molecule has 0 aliphatic rings. The van der Waals surface area contributed by atoms with E-state index in [9.17, 15) is 14.7 Å². The number of ether oxygens (including phenoxy) is 2. The zero-order chi connectivity index (χ0) is 35.0. The first-order valence-electron chi connectivity index (χ1n) is 21.2. The average molecular weight is 679 g/mol. The molecule has 5 nitrogen and oxygen atoms in total. The molecule has 0 fully saturated rings. The summed E-state index contributed by atoms with van der Waals surface area (Å²) in [5.74, 6) is -0.555. The first kappa shape index (κ1) is 46.6. The molecule has 0 unspecified atom stereocenters. The molecule has 0 amide bonds. The second-order valence-corrected chi connectivity index (χ2v) is 14.5. The Morgan fingerprint density at radius 2 is 0.667 bits per heavy atom. The maximum absolute atomic E-state index is 12.0. The van der Waals surface area contributed by atoms with Gasteiger partial charge in [0.05, 0.1) is 0 Å². The Morgan fingerprint density at radius 3 is 0.958 bits per heavy atom. The second-order valence-electron chi connectivity index (χ2n) is 14.5. The highest BCUT2D eigenvalue weighted by Crippen LogP contribution is 2.15. The number of unbranched alkanes of at least 4 members (excludes halogenated alkanes) is 29. The van der Waals surface area contributed by atoms with E-state index in [0.717, 1.165) is 32.1 Å². The third-order valence-electron chi connectivity index (χ3n) is 9.50. The molecule has 0 bridgehead atoms. The zero-order valence-corrected chi connectivity index (χ0v) is 32.3. The molecule has 48 heavy (non-hydrogen) atoms. The maximum atomic E-state index is 12.0. The number of carbonyl (C=O) groups excluding carboxylic acids is 2. The van der Waals surface area contributed by atoms with Crippen LogP contribution in [0.25, 0.3) is 0 Å². The molecule has 0 aromatic carbocycles. The van der Waals surface area contributed by atoms with Crippen molar-refractivity contribution < 1.29 is 24.2 Å². The first-order valence-corrected chi connectivity index (χ1v) is 21.2. The highest BCUT2D eigenvalue weighted by Gasteiger charge is 2.12. The van der Waals surface area contributed by atoms with Crippen LogP contribution in [0, 0.1) is 0 Å². The smallest absolute Gasteiger partial charge is 0.305 e. The van der Waals surface area contributed by atoms with Crippen LogP contribution in [0.3, 0.4) is 0 Å². The maximum Gasteiger partial charge on any atom is 0.305 e. The molecular formula is C43H82O5. The van der Waals surface area contributed by atoms with Gasteiger partial charge in [-0.05, 0) is 38.5 Å². The molecule has 0 radical (unpaired) electrons. The average Bonchev–Trinajstić information content (AvgIpc) is 3.09. The summed E-state index contributed by atoms with van der Waals surface area (Å²) in [7, 11) is 0. The zero-order valence-electron chi connectivity index (χ0n) is 32.3. The summed E-state index contributed by atoms with van der Waals surface area (Å²) in [6.07, 6.45) is 45.6. The molecular weight excluding hydrogens is 596 g/mol. The fraction of sp³-hybridized carbons (Fsp3) is 0.907. The first-order chi connectivity index (χ1) is 23.6. The van der Waals surface area contributed by atoms with Crippen LogP contribution in [0.2, 0.25) is 0 Å². The van der Waals surface area contributed by atoms with Gasteiger partial charge in [0, 0.05) is 12.8 Å². The highest BCUT2D eigenvalue weighted by molar-refractivity contribution is 5.69. The fourth-order valence-electron chi connectivity index (χ4n) is 6.26. The molecule has 0 saturated carbocycles. The number of hydrogen-bond acceptors (Lipinski definition) is 5. The van der Waals surface area contributed by atoms with E-state index < -0.39 is 6.10 Å². The summed E-state index contributed by atoms with van der Waals surface area (Å²) in [5, 5.41) is 10.0. The third-order valence-corrected chi connectivity index (χ3v) is 9.50. The largest absolute Gasteiger partial charge is 0.463 e. The third kappa shape index (κ3) is 39.1. The Bertz CT molecular complexity index is 691. The highest BCUT2D eigenvalue weighted by atomic mass is 16.6. The Kier molecular flexibility index (Phi) is 38.9. The predicted octanol–water partition coefficient (Wildman–Crippen LogP) is 13.3. The minimum Gasteiger partial charge on any atom is -0.463 e. The lowest BCUT2D eigenvalue weighted by Gasteiger charge is -2.12. The van der Waals surface area contributed by atoms with Gasteiger partial charge in [-0.1, -0.05) is 193 Å². The molecule has 284 valence electrons. The van der Waals surface area contributed by atoms with Gasteiger partial charge in [-0.15, -0.1) is 0 Å². The number of aliphatic hydroxyl groups is 1. The van der Waals surface area contributed by atoms with Gasteiger partial charge in [-0.2, -0.15) is 0 Å².